The lowest BCUT2D eigenvalue weighted by molar-refractivity contribution is -0.0885. The monoisotopic (exact) mass is 235 g/mol. The molecule has 90 valence electrons. The molecule has 1 rings (SSSR count). The first-order chi connectivity index (χ1) is 7.30. The van der Waals surface area contributed by atoms with Gasteiger partial charge in [0.1, 0.15) is 0 Å². The fourth-order valence-electron chi connectivity index (χ4n) is 1.21. The minimum atomic E-state index is -4.84. The number of aromatic nitrogens is 1. The van der Waals surface area contributed by atoms with Gasteiger partial charge >= 0.3 is 6.18 Å². The molecule has 1 aromatic heterocycles. The molecule has 0 aliphatic carbocycles. The van der Waals surface area contributed by atoms with Gasteiger partial charge < -0.3 is 9.67 Å². The van der Waals surface area contributed by atoms with Gasteiger partial charge in [-0.3, -0.25) is 4.79 Å². The van der Waals surface area contributed by atoms with Crippen LogP contribution in [-0.4, -0.2) is 27.7 Å². The van der Waals surface area contributed by atoms with Crippen molar-refractivity contribution in [1.82, 2.24) is 4.57 Å². The summed E-state index contributed by atoms with van der Waals surface area (Å²) in [5, 5.41) is 9.00. The molecule has 6 heteroatoms. The molecule has 0 aliphatic rings. The molecule has 1 aromatic rings. The second kappa shape index (κ2) is 4.69. The van der Waals surface area contributed by atoms with Crippen molar-refractivity contribution >= 4 is 5.78 Å². The van der Waals surface area contributed by atoms with Crippen LogP contribution in [-0.2, 0) is 6.54 Å². The van der Waals surface area contributed by atoms with E-state index in [1.807, 2.05) is 0 Å². The van der Waals surface area contributed by atoms with Crippen molar-refractivity contribution in [2.75, 3.05) is 0 Å². The zero-order valence-electron chi connectivity index (χ0n) is 8.66. The van der Waals surface area contributed by atoms with E-state index in [1.165, 1.54) is 10.8 Å². The number of Topliss-reactive ketones (excluding diaryl/α,β-unsaturated/α-hetero) is 1. The van der Waals surface area contributed by atoms with E-state index in [0.29, 0.717) is 13.0 Å². The highest BCUT2D eigenvalue weighted by atomic mass is 19.4. The number of carbonyl (C=O) groups is 1. The molecule has 0 fully saturated rings. The van der Waals surface area contributed by atoms with E-state index in [0.717, 1.165) is 12.3 Å². The zero-order chi connectivity index (χ0) is 12.3. The van der Waals surface area contributed by atoms with Gasteiger partial charge in [-0.2, -0.15) is 13.2 Å². The topological polar surface area (TPSA) is 42.2 Å². The van der Waals surface area contributed by atoms with E-state index in [2.05, 4.69) is 0 Å². The third kappa shape index (κ3) is 3.37. The molecule has 16 heavy (non-hydrogen) atoms. The maximum absolute atomic E-state index is 12.1. The van der Waals surface area contributed by atoms with Crippen LogP contribution in [0, 0.1) is 0 Å². The number of aryl methyl sites for hydroxylation is 1. The minimum absolute atomic E-state index is 0.377. The predicted octanol–water partition coefficient (Wildman–Crippen LogP) is 2.00. The fraction of sp³-hybridized carbons (Fsp3) is 0.500. The summed E-state index contributed by atoms with van der Waals surface area (Å²) in [5.74, 6) is -1.84. The lowest BCUT2D eigenvalue weighted by Crippen LogP contribution is -2.22. The van der Waals surface area contributed by atoms with Crippen LogP contribution < -0.4 is 0 Å². The Hall–Kier alpha value is -1.30. The number of ketones is 1. The number of aliphatic hydroxyl groups excluding tert-OH is 1. The molecule has 0 spiro atoms. The minimum Gasteiger partial charge on any atom is -0.393 e. The number of nitrogens with zero attached hydrogens (tertiary/aromatic N) is 1. The quantitative estimate of drug-likeness (QED) is 0.811. The maximum Gasteiger partial charge on any atom is 0.454 e. The highest BCUT2D eigenvalue weighted by Crippen LogP contribution is 2.21. The van der Waals surface area contributed by atoms with Crippen LogP contribution in [0.4, 0.5) is 13.2 Å². The molecule has 0 radical (unpaired) electrons. The molecule has 0 bridgehead atoms. The van der Waals surface area contributed by atoms with E-state index < -0.39 is 18.1 Å². The lowest BCUT2D eigenvalue weighted by Gasteiger charge is -2.05. The highest BCUT2D eigenvalue weighted by Gasteiger charge is 2.39. The first-order valence-corrected chi connectivity index (χ1v) is 4.76. The maximum atomic E-state index is 12.1. The van der Waals surface area contributed by atoms with Crippen molar-refractivity contribution in [3.63, 3.8) is 0 Å². The van der Waals surface area contributed by atoms with Crippen molar-refractivity contribution in [2.45, 2.75) is 32.2 Å². The normalized spacial score (nSPS) is 13.8. The number of aliphatic hydroxyl groups is 1. The molecule has 1 heterocycles. The Morgan fingerprint density at radius 3 is 2.69 bits per heavy atom. The second-order valence-corrected chi connectivity index (χ2v) is 3.60. The lowest BCUT2D eigenvalue weighted by atomic mass is 10.2. The summed E-state index contributed by atoms with van der Waals surface area (Å²) in [7, 11) is 0. The number of alkyl halides is 3. The van der Waals surface area contributed by atoms with Crippen LogP contribution >= 0.6 is 0 Å². The summed E-state index contributed by atoms with van der Waals surface area (Å²) in [4.78, 5) is 10.8. The van der Waals surface area contributed by atoms with Crippen LogP contribution in [0.1, 0.15) is 23.7 Å². The Bertz CT molecular complexity index is 368. The van der Waals surface area contributed by atoms with Gasteiger partial charge in [-0.15, -0.1) is 0 Å². The molecular weight excluding hydrogens is 223 g/mol. The largest absolute Gasteiger partial charge is 0.454 e. The molecule has 0 amide bonds. The summed E-state index contributed by atoms with van der Waals surface area (Å²) in [6.07, 6.45) is -2.41. The highest BCUT2D eigenvalue weighted by molar-refractivity contribution is 6.00. The fourth-order valence-corrected chi connectivity index (χ4v) is 1.21. The SMILES string of the molecule is CC(O)CCn1ccc(C(=O)C(F)(F)F)c1. The molecule has 1 atom stereocenters. The Labute approximate surface area is 90.5 Å². The van der Waals surface area contributed by atoms with E-state index >= 15 is 0 Å². The third-order valence-corrected chi connectivity index (χ3v) is 2.08. The van der Waals surface area contributed by atoms with Gasteiger partial charge in [0.05, 0.1) is 6.10 Å². The van der Waals surface area contributed by atoms with E-state index in [-0.39, 0.29) is 5.56 Å². The second-order valence-electron chi connectivity index (χ2n) is 3.60. The summed E-state index contributed by atoms with van der Waals surface area (Å²) in [5.41, 5.74) is -0.377. The van der Waals surface area contributed by atoms with Gasteiger partial charge in [0.15, 0.2) is 0 Å². The summed E-state index contributed by atoms with van der Waals surface area (Å²) < 4.78 is 37.6. The average Bonchev–Trinajstić information content (AvgIpc) is 2.60. The average molecular weight is 235 g/mol. The Morgan fingerprint density at radius 2 is 2.19 bits per heavy atom. The van der Waals surface area contributed by atoms with Gasteiger partial charge in [0.25, 0.3) is 5.78 Å². The predicted molar refractivity (Wildman–Crippen MR) is 51.1 cm³/mol. The Morgan fingerprint density at radius 1 is 1.56 bits per heavy atom. The van der Waals surface area contributed by atoms with Crippen LogP contribution in [0.25, 0.3) is 0 Å². The van der Waals surface area contributed by atoms with Crippen molar-refractivity contribution in [2.24, 2.45) is 0 Å². The molecule has 0 aliphatic heterocycles. The molecule has 0 aromatic carbocycles. The molecule has 1 N–H and O–H groups in total. The van der Waals surface area contributed by atoms with Crippen molar-refractivity contribution < 1.29 is 23.1 Å². The van der Waals surface area contributed by atoms with Gasteiger partial charge in [0.2, 0.25) is 0 Å². The number of halogens is 3. The summed E-state index contributed by atoms with van der Waals surface area (Å²) in [6, 6.07) is 1.12. The van der Waals surface area contributed by atoms with Gasteiger partial charge in [0, 0.05) is 24.5 Å². The Kier molecular flexibility index (Phi) is 3.74. The van der Waals surface area contributed by atoms with Crippen LogP contribution in [0.3, 0.4) is 0 Å². The number of carbonyl (C=O) groups excluding carboxylic acids is 1. The van der Waals surface area contributed by atoms with Gasteiger partial charge in [-0.05, 0) is 19.4 Å². The summed E-state index contributed by atoms with van der Waals surface area (Å²) >= 11 is 0. The third-order valence-electron chi connectivity index (χ3n) is 2.08. The zero-order valence-corrected chi connectivity index (χ0v) is 8.66. The van der Waals surface area contributed by atoms with Gasteiger partial charge in [-0.25, -0.2) is 0 Å². The number of rotatable bonds is 4. The van der Waals surface area contributed by atoms with Crippen molar-refractivity contribution in [3.05, 3.63) is 24.0 Å². The molecule has 1 unspecified atom stereocenters. The van der Waals surface area contributed by atoms with Crippen LogP contribution in [0.2, 0.25) is 0 Å². The number of hydrogen-bond donors (Lipinski definition) is 1. The molecular formula is C10H12F3NO2. The molecule has 3 nitrogen and oxygen atoms in total. The molecule has 0 saturated heterocycles. The number of hydrogen-bond acceptors (Lipinski definition) is 2. The first-order valence-electron chi connectivity index (χ1n) is 4.76. The molecule has 0 saturated carbocycles. The van der Waals surface area contributed by atoms with E-state index in [9.17, 15) is 18.0 Å². The van der Waals surface area contributed by atoms with Crippen LogP contribution in [0.15, 0.2) is 18.5 Å². The van der Waals surface area contributed by atoms with Crippen molar-refractivity contribution in [1.29, 1.82) is 0 Å². The van der Waals surface area contributed by atoms with E-state index in [1.54, 1.807) is 6.92 Å². The Balaban J connectivity index is 2.68. The van der Waals surface area contributed by atoms with Gasteiger partial charge in [-0.1, -0.05) is 0 Å². The summed E-state index contributed by atoms with van der Waals surface area (Å²) in [6.45, 7) is 1.97. The standard InChI is InChI=1S/C10H12F3NO2/c1-7(15)2-4-14-5-3-8(6-14)9(16)10(11,12)13/h3,5-7,15H,2,4H2,1H3. The van der Waals surface area contributed by atoms with Crippen molar-refractivity contribution in [3.8, 4) is 0 Å². The van der Waals surface area contributed by atoms with Crippen LogP contribution in [0.5, 0.6) is 0 Å². The smallest absolute Gasteiger partial charge is 0.393 e. The van der Waals surface area contributed by atoms with E-state index in [4.69, 9.17) is 5.11 Å². The first kappa shape index (κ1) is 12.8.